The van der Waals surface area contributed by atoms with Crippen LogP contribution in [0.15, 0.2) is 0 Å². The van der Waals surface area contributed by atoms with Crippen molar-refractivity contribution in [3.05, 3.63) is 0 Å². The van der Waals surface area contributed by atoms with Gasteiger partial charge in [0, 0.05) is 5.54 Å². The number of ether oxygens (including phenoxy) is 1. The molecule has 88 valence electrons. The fourth-order valence-corrected chi connectivity index (χ4v) is 2.27. The maximum atomic E-state index is 11.5. The van der Waals surface area contributed by atoms with Gasteiger partial charge < -0.3 is 15.2 Å². The number of rotatable bonds is 1. The quantitative estimate of drug-likeness (QED) is 0.701. The van der Waals surface area contributed by atoms with Gasteiger partial charge in [0.15, 0.2) is 0 Å². The highest BCUT2D eigenvalue weighted by atomic mass is 16.6. The molecule has 15 heavy (non-hydrogen) atoms. The van der Waals surface area contributed by atoms with E-state index in [0.29, 0.717) is 12.8 Å². The van der Waals surface area contributed by atoms with Crippen LogP contribution in [0.1, 0.15) is 47.5 Å². The van der Waals surface area contributed by atoms with E-state index >= 15 is 0 Å². The Kier molecular flexibility index (Phi) is 2.76. The topological polar surface area (TPSA) is 58.6 Å². The molecule has 4 nitrogen and oxygen atoms in total. The minimum Gasteiger partial charge on any atom is -0.444 e. The number of nitrogens with one attached hydrogen (secondary N) is 1. The summed E-state index contributed by atoms with van der Waals surface area (Å²) in [5.41, 5.74) is -1.46. The molecule has 1 aliphatic carbocycles. The van der Waals surface area contributed by atoms with Crippen LogP contribution in [0.2, 0.25) is 0 Å². The molecule has 0 radical (unpaired) electrons. The molecule has 0 aromatic rings. The predicted molar refractivity (Wildman–Crippen MR) is 57.6 cm³/mol. The Bertz CT molecular complexity index is 257. The lowest BCUT2D eigenvalue weighted by molar-refractivity contribution is -0.0787. The van der Waals surface area contributed by atoms with Crippen LogP contribution in [0, 0.1) is 0 Å². The molecule has 0 aromatic carbocycles. The molecule has 1 aliphatic rings. The molecule has 4 heteroatoms. The molecule has 1 rings (SSSR count). The van der Waals surface area contributed by atoms with E-state index in [1.165, 1.54) is 0 Å². The van der Waals surface area contributed by atoms with Crippen molar-refractivity contribution >= 4 is 6.09 Å². The summed E-state index contributed by atoms with van der Waals surface area (Å²) in [6, 6.07) is 0. The number of hydrogen-bond donors (Lipinski definition) is 2. The third kappa shape index (κ3) is 3.70. The third-order valence-electron chi connectivity index (χ3n) is 2.34. The lowest BCUT2D eigenvalue weighted by atomic mass is 9.67. The Balaban J connectivity index is 2.41. The van der Waals surface area contributed by atoms with Crippen LogP contribution >= 0.6 is 0 Å². The second-order valence-corrected chi connectivity index (χ2v) is 6.04. The predicted octanol–water partition coefficient (Wildman–Crippen LogP) is 1.81. The van der Waals surface area contributed by atoms with Crippen LogP contribution in [0.3, 0.4) is 0 Å². The summed E-state index contributed by atoms with van der Waals surface area (Å²) in [4.78, 5) is 11.5. The number of alkyl carbamates (subject to hydrolysis) is 1. The number of hydrogen-bond acceptors (Lipinski definition) is 3. The molecule has 1 saturated carbocycles. The molecule has 1 amide bonds. The Labute approximate surface area is 91.0 Å². The van der Waals surface area contributed by atoms with Gasteiger partial charge in [-0.25, -0.2) is 4.79 Å². The van der Waals surface area contributed by atoms with Gasteiger partial charge in [0.05, 0.1) is 5.60 Å². The van der Waals surface area contributed by atoms with Gasteiger partial charge in [-0.15, -0.1) is 0 Å². The summed E-state index contributed by atoms with van der Waals surface area (Å²) in [6.07, 6.45) is 0.721. The molecular weight excluding hydrogens is 194 g/mol. The smallest absolute Gasteiger partial charge is 0.408 e. The van der Waals surface area contributed by atoms with Crippen LogP contribution in [0.5, 0.6) is 0 Å². The average molecular weight is 215 g/mol. The number of carbonyl (C=O) groups excluding carboxylic acids is 1. The largest absolute Gasteiger partial charge is 0.444 e. The van der Waals surface area contributed by atoms with Crippen LogP contribution in [0.4, 0.5) is 4.79 Å². The number of carbonyl (C=O) groups is 1. The first-order chi connectivity index (χ1) is 6.52. The molecule has 0 bridgehead atoms. The Hall–Kier alpha value is -0.770. The van der Waals surface area contributed by atoms with Crippen molar-refractivity contribution in [2.24, 2.45) is 0 Å². The summed E-state index contributed by atoms with van der Waals surface area (Å²) in [5, 5.41) is 12.4. The zero-order chi connectivity index (χ0) is 11.9. The van der Waals surface area contributed by atoms with E-state index < -0.39 is 17.3 Å². The highest BCUT2D eigenvalue weighted by Gasteiger charge is 2.49. The van der Waals surface area contributed by atoms with E-state index in [0.717, 1.165) is 0 Å². The van der Waals surface area contributed by atoms with E-state index in [2.05, 4.69) is 5.32 Å². The minimum absolute atomic E-state index is 0.328. The van der Waals surface area contributed by atoms with Gasteiger partial charge in [-0.05, 0) is 47.5 Å². The van der Waals surface area contributed by atoms with Crippen molar-refractivity contribution in [3.8, 4) is 0 Å². The van der Waals surface area contributed by atoms with Crippen LogP contribution in [-0.4, -0.2) is 27.9 Å². The van der Waals surface area contributed by atoms with E-state index in [1.54, 1.807) is 6.92 Å². The molecule has 1 fully saturated rings. The normalized spacial score (nSPS) is 35.6. The van der Waals surface area contributed by atoms with Gasteiger partial charge in [0.2, 0.25) is 0 Å². The maximum Gasteiger partial charge on any atom is 0.408 e. The van der Waals surface area contributed by atoms with Gasteiger partial charge in [0.25, 0.3) is 0 Å². The van der Waals surface area contributed by atoms with E-state index in [-0.39, 0.29) is 5.54 Å². The van der Waals surface area contributed by atoms with Crippen molar-refractivity contribution in [1.29, 1.82) is 0 Å². The Morgan fingerprint density at radius 1 is 1.33 bits per heavy atom. The fraction of sp³-hybridized carbons (Fsp3) is 0.909. The van der Waals surface area contributed by atoms with Gasteiger partial charge in [-0.3, -0.25) is 0 Å². The van der Waals surface area contributed by atoms with Gasteiger partial charge >= 0.3 is 6.09 Å². The summed E-state index contributed by atoms with van der Waals surface area (Å²) in [5.74, 6) is 0. The fourth-order valence-electron chi connectivity index (χ4n) is 2.27. The minimum atomic E-state index is -0.649. The molecule has 0 aromatic heterocycles. The van der Waals surface area contributed by atoms with Gasteiger partial charge in [-0.2, -0.15) is 0 Å². The zero-order valence-corrected chi connectivity index (χ0v) is 10.2. The third-order valence-corrected chi connectivity index (χ3v) is 2.34. The lowest BCUT2D eigenvalue weighted by Crippen LogP contribution is -2.62. The monoisotopic (exact) mass is 215 g/mol. The van der Waals surface area contributed by atoms with Crippen molar-refractivity contribution in [3.63, 3.8) is 0 Å². The Morgan fingerprint density at radius 3 is 2.13 bits per heavy atom. The Morgan fingerprint density at radius 2 is 1.80 bits per heavy atom. The molecule has 0 heterocycles. The van der Waals surface area contributed by atoms with Crippen LogP contribution < -0.4 is 5.32 Å². The first-order valence-electron chi connectivity index (χ1n) is 5.25. The second-order valence-electron chi connectivity index (χ2n) is 6.04. The highest BCUT2D eigenvalue weighted by molar-refractivity contribution is 5.69. The molecule has 0 atom stereocenters. The highest BCUT2D eigenvalue weighted by Crippen LogP contribution is 2.40. The summed E-state index contributed by atoms with van der Waals surface area (Å²) >= 11 is 0. The first-order valence-corrected chi connectivity index (χ1v) is 5.25. The summed E-state index contributed by atoms with van der Waals surface area (Å²) < 4.78 is 5.15. The van der Waals surface area contributed by atoms with Gasteiger partial charge in [-0.1, -0.05) is 0 Å². The molecule has 0 spiro atoms. The number of aliphatic hydroxyl groups is 1. The molecular formula is C11H21NO3. The maximum absolute atomic E-state index is 11.5. The second kappa shape index (κ2) is 3.37. The van der Waals surface area contributed by atoms with Crippen molar-refractivity contribution in [2.45, 2.75) is 64.2 Å². The molecule has 0 unspecified atom stereocenters. The van der Waals surface area contributed by atoms with Crippen LogP contribution in [-0.2, 0) is 4.74 Å². The van der Waals surface area contributed by atoms with E-state index in [9.17, 15) is 9.90 Å². The first kappa shape index (κ1) is 12.3. The number of amides is 1. The van der Waals surface area contributed by atoms with Crippen LogP contribution in [0.25, 0.3) is 0 Å². The summed E-state index contributed by atoms with van der Waals surface area (Å²) in [7, 11) is 0. The lowest BCUT2D eigenvalue weighted by Gasteiger charge is -2.49. The van der Waals surface area contributed by atoms with E-state index in [4.69, 9.17) is 4.74 Å². The molecule has 2 N–H and O–H groups in total. The van der Waals surface area contributed by atoms with Crippen molar-refractivity contribution in [2.75, 3.05) is 0 Å². The summed E-state index contributed by atoms with van der Waals surface area (Å²) in [6.45, 7) is 9.16. The van der Waals surface area contributed by atoms with Crippen molar-refractivity contribution in [1.82, 2.24) is 5.32 Å². The standard InChI is InChI=1S/C11H21NO3/c1-9(2,3)15-8(13)12-10(4)6-11(5,14)7-10/h14H,6-7H2,1-5H3,(H,12,13). The zero-order valence-electron chi connectivity index (χ0n) is 10.2. The average Bonchev–Trinajstić information content (AvgIpc) is 1.73. The van der Waals surface area contributed by atoms with E-state index in [1.807, 2.05) is 27.7 Å². The molecule has 0 saturated heterocycles. The van der Waals surface area contributed by atoms with Crippen molar-refractivity contribution < 1.29 is 14.6 Å². The SMILES string of the molecule is CC1(O)CC(C)(NC(=O)OC(C)(C)C)C1. The van der Waals surface area contributed by atoms with Gasteiger partial charge in [0.1, 0.15) is 5.60 Å². The molecule has 0 aliphatic heterocycles.